The van der Waals surface area contributed by atoms with Crippen molar-refractivity contribution >= 4 is 17.4 Å². The molecule has 0 radical (unpaired) electrons. The average Bonchev–Trinajstić information content (AvgIpc) is 2.94. The molecule has 0 spiro atoms. The molecule has 1 fully saturated rings. The molecule has 100 valence electrons. The lowest BCUT2D eigenvalue weighted by Crippen LogP contribution is -2.54. The predicted molar refractivity (Wildman–Crippen MR) is 69.0 cm³/mol. The van der Waals surface area contributed by atoms with E-state index < -0.39 is 11.6 Å². The van der Waals surface area contributed by atoms with Gasteiger partial charge < -0.3 is 9.84 Å². The van der Waals surface area contributed by atoms with Gasteiger partial charge in [0.15, 0.2) is 0 Å². The largest absolute Gasteiger partial charge is 0.465 e. The first-order valence-corrected chi connectivity index (χ1v) is 6.80. The lowest BCUT2D eigenvalue weighted by molar-refractivity contribution is 0.0594. The summed E-state index contributed by atoms with van der Waals surface area (Å²) >= 11 is 1.55. The fourth-order valence-electron chi connectivity index (χ4n) is 2.13. The van der Waals surface area contributed by atoms with Crippen LogP contribution in [0, 0.1) is 0 Å². The summed E-state index contributed by atoms with van der Waals surface area (Å²) in [5, 5.41) is 12.3. The van der Waals surface area contributed by atoms with Crippen LogP contribution >= 0.6 is 11.3 Å². The molecule has 1 aromatic heterocycles. The van der Waals surface area contributed by atoms with Crippen LogP contribution in [0.15, 0.2) is 11.6 Å². The van der Waals surface area contributed by atoms with E-state index in [9.17, 15) is 9.90 Å². The number of aromatic nitrogens is 1. The zero-order chi connectivity index (χ0) is 13.3. The van der Waals surface area contributed by atoms with Crippen molar-refractivity contribution in [2.24, 2.45) is 0 Å². The van der Waals surface area contributed by atoms with Gasteiger partial charge in [-0.15, -0.1) is 11.3 Å². The standard InChI is InChI=1S/C12H18N2O3S/c1-12(2,3)14(11(15)16)8(9-7-17-9)6-10-13-4-5-18-10/h4-5,8-9H,6-7H2,1-3H3,(H,15,16)/t8-,9?/m0/s1. The summed E-state index contributed by atoms with van der Waals surface area (Å²) in [5.74, 6) is 0. The van der Waals surface area contributed by atoms with Crippen molar-refractivity contribution in [1.82, 2.24) is 9.88 Å². The molecule has 2 heterocycles. The number of hydrogen-bond donors (Lipinski definition) is 1. The first kappa shape index (κ1) is 13.3. The molecule has 1 amide bonds. The van der Waals surface area contributed by atoms with E-state index in [4.69, 9.17) is 4.74 Å². The number of nitrogens with zero attached hydrogens (tertiary/aromatic N) is 2. The molecule has 1 N–H and O–H groups in total. The maximum Gasteiger partial charge on any atom is 0.408 e. The average molecular weight is 270 g/mol. The molecule has 1 aliphatic heterocycles. The molecule has 1 aromatic rings. The summed E-state index contributed by atoms with van der Waals surface area (Å²) < 4.78 is 5.32. The highest BCUT2D eigenvalue weighted by Crippen LogP contribution is 2.29. The van der Waals surface area contributed by atoms with Gasteiger partial charge >= 0.3 is 6.09 Å². The molecule has 0 aliphatic carbocycles. The number of carboxylic acid groups (broad SMARTS) is 1. The van der Waals surface area contributed by atoms with Gasteiger partial charge in [0.05, 0.1) is 17.7 Å². The van der Waals surface area contributed by atoms with E-state index in [-0.39, 0.29) is 12.1 Å². The summed E-state index contributed by atoms with van der Waals surface area (Å²) in [6.45, 7) is 6.34. The van der Waals surface area contributed by atoms with Crippen LogP contribution < -0.4 is 0 Å². The number of carbonyl (C=O) groups is 1. The fraction of sp³-hybridized carbons (Fsp3) is 0.667. The van der Waals surface area contributed by atoms with E-state index in [1.807, 2.05) is 26.2 Å². The minimum Gasteiger partial charge on any atom is -0.465 e. The second-order valence-corrected chi connectivity index (χ2v) is 6.37. The number of ether oxygens (including phenoxy) is 1. The Balaban J connectivity index is 2.19. The first-order valence-electron chi connectivity index (χ1n) is 5.92. The molecule has 0 bridgehead atoms. The SMILES string of the molecule is CC(C)(C)N(C(=O)O)[C@@H](Cc1nccs1)C1CO1. The number of epoxide rings is 1. The van der Waals surface area contributed by atoms with Crippen LogP contribution in [0.5, 0.6) is 0 Å². The normalized spacial score (nSPS) is 20.5. The molecule has 18 heavy (non-hydrogen) atoms. The highest BCUT2D eigenvalue weighted by atomic mass is 32.1. The topological polar surface area (TPSA) is 66.0 Å². The number of amides is 1. The molecule has 5 nitrogen and oxygen atoms in total. The van der Waals surface area contributed by atoms with Crippen molar-refractivity contribution in [3.05, 3.63) is 16.6 Å². The second kappa shape index (κ2) is 4.85. The third-order valence-electron chi connectivity index (χ3n) is 2.92. The Morgan fingerprint density at radius 1 is 1.72 bits per heavy atom. The van der Waals surface area contributed by atoms with E-state index in [1.54, 1.807) is 17.5 Å². The number of thiazole rings is 1. The summed E-state index contributed by atoms with van der Waals surface area (Å²) in [6.07, 6.45) is 1.46. The van der Waals surface area contributed by atoms with Crippen LogP contribution in [0.4, 0.5) is 4.79 Å². The van der Waals surface area contributed by atoms with Crippen LogP contribution in [0.25, 0.3) is 0 Å². The molecule has 1 aliphatic rings. The van der Waals surface area contributed by atoms with Gasteiger partial charge in [0.1, 0.15) is 6.10 Å². The quantitative estimate of drug-likeness (QED) is 0.852. The minimum atomic E-state index is -0.903. The Morgan fingerprint density at radius 3 is 2.78 bits per heavy atom. The number of rotatable bonds is 4. The van der Waals surface area contributed by atoms with Crippen LogP contribution in [0.1, 0.15) is 25.8 Å². The van der Waals surface area contributed by atoms with Crippen LogP contribution in [-0.2, 0) is 11.2 Å². The number of hydrogen-bond acceptors (Lipinski definition) is 4. The molecule has 2 rings (SSSR count). The van der Waals surface area contributed by atoms with E-state index in [0.717, 1.165) is 5.01 Å². The van der Waals surface area contributed by atoms with Gasteiger partial charge in [-0.3, -0.25) is 4.90 Å². The van der Waals surface area contributed by atoms with Crippen LogP contribution in [0.3, 0.4) is 0 Å². The lowest BCUT2D eigenvalue weighted by atomic mass is 10.00. The van der Waals surface area contributed by atoms with E-state index in [1.165, 1.54) is 4.90 Å². The van der Waals surface area contributed by atoms with Crippen LogP contribution in [0.2, 0.25) is 0 Å². The molecule has 6 heteroatoms. The zero-order valence-electron chi connectivity index (χ0n) is 10.8. The summed E-state index contributed by atoms with van der Waals surface area (Å²) in [4.78, 5) is 17.2. The highest BCUT2D eigenvalue weighted by molar-refractivity contribution is 7.09. The molecule has 2 atom stereocenters. The second-order valence-electron chi connectivity index (χ2n) is 5.39. The van der Waals surface area contributed by atoms with E-state index in [0.29, 0.717) is 13.0 Å². The van der Waals surface area contributed by atoms with Gasteiger partial charge in [-0.1, -0.05) is 0 Å². The van der Waals surface area contributed by atoms with E-state index in [2.05, 4.69) is 4.98 Å². The van der Waals surface area contributed by atoms with Crippen LogP contribution in [-0.4, -0.2) is 45.4 Å². The Labute approximate surface area is 110 Å². The van der Waals surface area contributed by atoms with Crippen molar-refractivity contribution < 1.29 is 14.6 Å². The molecule has 1 unspecified atom stereocenters. The summed E-state index contributed by atoms with van der Waals surface area (Å²) in [5.41, 5.74) is -0.445. The van der Waals surface area contributed by atoms with Gasteiger partial charge in [-0.05, 0) is 20.8 Å². The van der Waals surface area contributed by atoms with Crippen molar-refractivity contribution in [3.63, 3.8) is 0 Å². The fourth-order valence-corrected chi connectivity index (χ4v) is 2.79. The lowest BCUT2D eigenvalue weighted by Gasteiger charge is -2.38. The third kappa shape index (κ3) is 3.00. The zero-order valence-corrected chi connectivity index (χ0v) is 11.6. The van der Waals surface area contributed by atoms with Gasteiger partial charge in [-0.2, -0.15) is 0 Å². The molecule has 0 aromatic carbocycles. The van der Waals surface area contributed by atoms with Crippen molar-refractivity contribution in [3.8, 4) is 0 Å². The van der Waals surface area contributed by atoms with Gasteiger partial charge in [0.2, 0.25) is 0 Å². The van der Waals surface area contributed by atoms with Crippen molar-refractivity contribution in [1.29, 1.82) is 0 Å². The minimum absolute atomic E-state index is 0.00391. The molecular formula is C12H18N2O3S. The highest BCUT2D eigenvalue weighted by Gasteiger charge is 2.43. The Kier molecular flexibility index (Phi) is 3.59. The molecule has 1 saturated heterocycles. The molecular weight excluding hydrogens is 252 g/mol. The Hall–Kier alpha value is -1.14. The monoisotopic (exact) mass is 270 g/mol. The molecule has 0 saturated carbocycles. The van der Waals surface area contributed by atoms with Crippen molar-refractivity contribution in [2.45, 2.75) is 44.9 Å². The smallest absolute Gasteiger partial charge is 0.408 e. The van der Waals surface area contributed by atoms with E-state index >= 15 is 0 Å². The predicted octanol–water partition coefficient (Wildman–Crippen LogP) is 2.23. The van der Waals surface area contributed by atoms with Gasteiger partial charge in [0, 0.05) is 23.5 Å². The Bertz CT molecular complexity index is 409. The maximum absolute atomic E-state index is 11.5. The Morgan fingerprint density at radius 2 is 2.39 bits per heavy atom. The summed E-state index contributed by atoms with van der Waals surface area (Å²) in [6, 6.07) is -0.159. The summed E-state index contributed by atoms with van der Waals surface area (Å²) in [7, 11) is 0. The maximum atomic E-state index is 11.5. The van der Waals surface area contributed by atoms with Gasteiger partial charge in [0.25, 0.3) is 0 Å². The van der Waals surface area contributed by atoms with Crippen molar-refractivity contribution in [2.75, 3.05) is 6.61 Å². The van der Waals surface area contributed by atoms with Gasteiger partial charge in [-0.25, -0.2) is 9.78 Å². The first-order chi connectivity index (χ1) is 8.39. The third-order valence-corrected chi connectivity index (χ3v) is 3.72.